The minimum atomic E-state index is -1.91. The van der Waals surface area contributed by atoms with E-state index in [1.807, 2.05) is 0 Å². The van der Waals surface area contributed by atoms with Gasteiger partial charge in [-0.3, -0.25) is 10.1 Å². The molecule has 0 aliphatic rings. The van der Waals surface area contributed by atoms with E-state index in [0.29, 0.717) is 6.07 Å². The minimum absolute atomic E-state index is 0.479. The second kappa shape index (κ2) is 3.89. The Morgan fingerprint density at radius 3 is 2.40 bits per heavy atom. The van der Waals surface area contributed by atoms with Gasteiger partial charge in [-0.2, -0.15) is 4.39 Å². The van der Waals surface area contributed by atoms with Crippen molar-refractivity contribution in [2.75, 3.05) is 0 Å². The van der Waals surface area contributed by atoms with Gasteiger partial charge in [0.15, 0.2) is 5.82 Å². The smallest absolute Gasteiger partial charge is 0.342 e. The van der Waals surface area contributed by atoms with E-state index in [0.717, 1.165) is 0 Å². The lowest BCUT2D eigenvalue weighted by Gasteiger charge is -2.02. The number of halogens is 3. The number of nitrogens with zero attached hydrogens (tertiary/aromatic N) is 1. The van der Waals surface area contributed by atoms with Crippen LogP contribution < -0.4 is 0 Å². The van der Waals surface area contributed by atoms with Gasteiger partial charge in [0, 0.05) is 6.07 Å². The number of hydrogen-bond acceptors (Lipinski definition) is 3. The first-order valence-electron chi connectivity index (χ1n) is 3.41. The van der Waals surface area contributed by atoms with Crippen LogP contribution in [0, 0.1) is 21.7 Å². The van der Waals surface area contributed by atoms with Crippen LogP contribution in [-0.2, 0) is 0 Å². The highest BCUT2D eigenvalue weighted by molar-refractivity contribution is 9.10. The molecule has 1 aromatic rings. The lowest BCUT2D eigenvalue weighted by atomic mass is 10.1. The number of carboxylic acid groups (broad SMARTS) is 1. The van der Waals surface area contributed by atoms with Gasteiger partial charge < -0.3 is 5.11 Å². The molecule has 0 atom stereocenters. The van der Waals surface area contributed by atoms with Crippen LogP contribution in [0.4, 0.5) is 14.5 Å². The average Bonchev–Trinajstić information content (AvgIpc) is 2.10. The Bertz CT molecular complexity index is 463. The summed E-state index contributed by atoms with van der Waals surface area (Å²) in [5, 5.41) is 18.7. The molecule has 80 valence electrons. The van der Waals surface area contributed by atoms with E-state index in [9.17, 15) is 23.7 Å². The van der Waals surface area contributed by atoms with Crippen LogP contribution in [0.25, 0.3) is 0 Å². The third-order valence-electron chi connectivity index (χ3n) is 1.55. The molecular weight excluding hydrogens is 280 g/mol. The van der Waals surface area contributed by atoms with Crippen LogP contribution in [0.3, 0.4) is 0 Å². The largest absolute Gasteiger partial charge is 0.477 e. The highest BCUT2D eigenvalue weighted by Crippen LogP contribution is 2.29. The predicted molar refractivity (Wildman–Crippen MR) is 47.7 cm³/mol. The van der Waals surface area contributed by atoms with Gasteiger partial charge in [-0.25, -0.2) is 9.18 Å². The summed E-state index contributed by atoms with van der Waals surface area (Å²) in [6, 6.07) is 0.567. The van der Waals surface area contributed by atoms with E-state index in [1.54, 1.807) is 0 Å². The molecular formula is C7H2BrF2NO4. The fourth-order valence-electron chi connectivity index (χ4n) is 0.911. The molecule has 0 unspecified atom stereocenters. The number of carbonyl (C=O) groups is 1. The molecule has 5 nitrogen and oxygen atoms in total. The molecule has 1 N–H and O–H groups in total. The van der Waals surface area contributed by atoms with Crippen LogP contribution in [0.1, 0.15) is 10.4 Å². The molecule has 0 aliphatic heterocycles. The zero-order valence-electron chi connectivity index (χ0n) is 6.83. The van der Waals surface area contributed by atoms with Crippen LogP contribution >= 0.6 is 15.9 Å². The SMILES string of the molecule is O=C(O)c1c(F)c(Br)cc([N+](=O)[O-])c1F. The lowest BCUT2D eigenvalue weighted by molar-refractivity contribution is -0.387. The number of carboxylic acids is 1. The molecule has 15 heavy (non-hydrogen) atoms. The second-order valence-electron chi connectivity index (χ2n) is 2.44. The maximum Gasteiger partial charge on any atom is 0.342 e. The van der Waals surface area contributed by atoms with Gasteiger partial charge in [-0.1, -0.05) is 0 Å². The highest BCUT2D eigenvalue weighted by atomic mass is 79.9. The zero-order chi connectivity index (χ0) is 11.7. The Kier molecular flexibility index (Phi) is 2.98. The molecule has 0 amide bonds. The number of nitro benzene ring substituents is 1. The number of aromatic carboxylic acids is 1. The van der Waals surface area contributed by atoms with Gasteiger partial charge in [0.1, 0.15) is 5.56 Å². The Balaban J connectivity index is 3.63. The molecule has 0 fully saturated rings. The summed E-state index contributed by atoms with van der Waals surface area (Å²) >= 11 is 2.56. The summed E-state index contributed by atoms with van der Waals surface area (Å²) in [6.45, 7) is 0. The summed E-state index contributed by atoms with van der Waals surface area (Å²) in [4.78, 5) is 19.6. The first-order valence-corrected chi connectivity index (χ1v) is 4.20. The van der Waals surface area contributed by atoms with E-state index in [1.165, 1.54) is 0 Å². The summed E-state index contributed by atoms with van der Waals surface area (Å²) in [5.41, 5.74) is -2.45. The van der Waals surface area contributed by atoms with Crippen molar-refractivity contribution in [3.8, 4) is 0 Å². The molecule has 0 saturated carbocycles. The van der Waals surface area contributed by atoms with Gasteiger partial charge in [-0.15, -0.1) is 0 Å². The number of nitro groups is 1. The Morgan fingerprint density at radius 1 is 1.47 bits per heavy atom. The highest BCUT2D eigenvalue weighted by Gasteiger charge is 2.28. The Morgan fingerprint density at radius 2 is 2.00 bits per heavy atom. The van der Waals surface area contributed by atoms with Gasteiger partial charge in [0.2, 0.25) is 5.82 Å². The Labute approximate surface area is 89.6 Å². The monoisotopic (exact) mass is 281 g/mol. The normalized spacial score (nSPS) is 10.1. The van der Waals surface area contributed by atoms with Crippen molar-refractivity contribution in [3.63, 3.8) is 0 Å². The standard InChI is InChI=1S/C7H2BrF2NO4/c8-2-1-3(11(14)15)6(10)4(5(2)9)7(12)13/h1H,(H,12,13). The molecule has 1 aromatic carbocycles. The van der Waals surface area contributed by atoms with Crippen molar-refractivity contribution in [2.45, 2.75) is 0 Å². The fraction of sp³-hybridized carbons (Fsp3) is 0. The van der Waals surface area contributed by atoms with Crippen LogP contribution in [0.5, 0.6) is 0 Å². The molecule has 8 heteroatoms. The van der Waals surface area contributed by atoms with Gasteiger partial charge in [0.05, 0.1) is 9.40 Å². The van der Waals surface area contributed by atoms with Crippen molar-refractivity contribution in [3.05, 3.63) is 37.9 Å². The third-order valence-corrected chi connectivity index (χ3v) is 2.12. The first-order chi connectivity index (χ1) is 6.86. The van der Waals surface area contributed by atoms with Crippen LogP contribution in [0.15, 0.2) is 10.5 Å². The van der Waals surface area contributed by atoms with Gasteiger partial charge in [0.25, 0.3) is 0 Å². The lowest BCUT2D eigenvalue weighted by Crippen LogP contribution is -2.08. The maximum atomic E-state index is 13.1. The average molecular weight is 282 g/mol. The molecule has 0 heterocycles. The van der Waals surface area contributed by atoms with E-state index in [-0.39, 0.29) is 0 Å². The summed E-state index contributed by atoms with van der Waals surface area (Å²) in [5.74, 6) is -4.99. The molecule has 1 rings (SSSR count). The summed E-state index contributed by atoms with van der Waals surface area (Å²) in [7, 11) is 0. The van der Waals surface area contributed by atoms with Gasteiger partial charge in [-0.05, 0) is 15.9 Å². The molecule has 0 saturated heterocycles. The van der Waals surface area contributed by atoms with E-state index in [4.69, 9.17) is 5.11 Å². The van der Waals surface area contributed by atoms with E-state index >= 15 is 0 Å². The summed E-state index contributed by atoms with van der Waals surface area (Å²) < 4.78 is 25.7. The zero-order valence-corrected chi connectivity index (χ0v) is 8.42. The topological polar surface area (TPSA) is 80.4 Å². The summed E-state index contributed by atoms with van der Waals surface area (Å²) in [6.07, 6.45) is 0. The van der Waals surface area contributed by atoms with Crippen molar-refractivity contribution in [1.82, 2.24) is 0 Å². The molecule has 0 aliphatic carbocycles. The number of rotatable bonds is 2. The predicted octanol–water partition coefficient (Wildman–Crippen LogP) is 2.33. The number of benzene rings is 1. The Hall–Kier alpha value is -1.57. The number of hydrogen-bond donors (Lipinski definition) is 1. The maximum absolute atomic E-state index is 13.1. The van der Waals surface area contributed by atoms with Gasteiger partial charge >= 0.3 is 11.7 Å². The van der Waals surface area contributed by atoms with E-state index in [2.05, 4.69) is 15.9 Å². The van der Waals surface area contributed by atoms with Crippen molar-refractivity contribution >= 4 is 27.6 Å². The van der Waals surface area contributed by atoms with Crippen LogP contribution in [-0.4, -0.2) is 16.0 Å². The van der Waals surface area contributed by atoms with E-state index < -0.39 is 38.3 Å². The molecule has 0 bridgehead atoms. The minimum Gasteiger partial charge on any atom is -0.477 e. The van der Waals surface area contributed by atoms with Crippen molar-refractivity contribution in [2.24, 2.45) is 0 Å². The van der Waals surface area contributed by atoms with Crippen molar-refractivity contribution in [1.29, 1.82) is 0 Å². The first kappa shape index (κ1) is 11.5. The molecule has 0 spiro atoms. The third kappa shape index (κ3) is 1.94. The quantitative estimate of drug-likeness (QED) is 0.513. The second-order valence-corrected chi connectivity index (χ2v) is 3.30. The molecule has 0 radical (unpaired) electrons. The van der Waals surface area contributed by atoms with Crippen LogP contribution in [0.2, 0.25) is 0 Å². The van der Waals surface area contributed by atoms with Crippen molar-refractivity contribution < 1.29 is 23.6 Å². The fourth-order valence-corrected chi connectivity index (χ4v) is 1.33. The molecule has 0 aromatic heterocycles.